The molecule has 1 aromatic rings. The standard InChI is InChI=1S/C16H27N3/c1-6-11(2)15-10-19(13(4)9-17-15)16-8-7-12(3)18-14(16)5/h7-8,11,13,15,17H,6,9-10H2,1-5H3. The Morgan fingerprint density at radius 3 is 2.79 bits per heavy atom. The second-order valence-electron chi connectivity index (χ2n) is 5.96. The molecule has 2 rings (SSSR count). The lowest BCUT2D eigenvalue weighted by Crippen LogP contribution is -2.57. The minimum absolute atomic E-state index is 0.531. The van der Waals surface area contributed by atoms with E-state index < -0.39 is 0 Å². The van der Waals surface area contributed by atoms with E-state index in [2.05, 4.69) is 62.0 Å². The summed E-state index contributed by atoms with van der Waals surface area (Å²) < 4.78 is 0. The van der Waals surface area contributed by atoms with Gasteiger partial charge in [-0.05, 0) is 38.8 Å². The third kappa shape index (κ3) is 3.08. The monoisotopic (exact) mass is 261 g/mol. The molecule has 1 aliphatic heterocycles. The van der Waals surface area contributed by atoms with Gasteiger partial charge in [0.15, 0.2) is 0 Å². The molecule has 3 heteroatoms. The van der Waals surface area contributed by atoms with E-state index in [0.29, 0.717) is 18.0 Å². The normalized spacial score (nSPS) is 25.4. The van der Waals surface area contributed by atoms with Gasteiger partial charge < -0.3 is 10.2 Å². The van der Waals surface area contributed by atoms with E-state index in [1.165, 1.54) is 12.1 Å². The predicted molar refractivity (Wildman–Crippen MR) is 81.8 cm³/mol. The van der Waals surface area contributed by atoms with Gasteiger partial charge in [0.05, 0.1) is 11.4 Å². The number of aromatic nitrogens is 1. The first kappa shape index (κ1) is 14.3. The van der Waals surface area contributed by atoms with Crippen LogP contribution in [0.3, 0.4) is 0 Å². The zero-order valence-corrected chi connectivity index (χ0v) is 12.9. The highest BCUT2D eigenvalue weighted by Crippen LogP contribution is 2.25. The van der Waals surface area contributed by atoms with Crippen LogP contribution in [0.25, 0.3) is 0 Å². The number of nitrogens with one attached hydrogen (secondary N) is 1. The molecule has 3 atom stereocenters. The average Bonchev–Trinajstić information content (AvgIpc) is 2.39. The fourth-order valence-electron chi connectivity index (χ4n) is 2.87. The first-order valence-electron chi connectivity index (χ1n) is 7.47. The van der Waals surface area contributed by atoms with Crippen LogP contribution < -0.4 is 10.2 Å². The molecule has 106 valence electrons. The van der Waals surface area contributed by atoms with Crippen LogP contribution in [0, 0.1) is 19.8 Å². The molecule has 0 bridgehead atoms. The number of piperazine rings is 1. The summed E-state index contributed by atoms with van der Waals surface area (Å²) in [4.78, 5) is 7.13. The van der Waals surface area contributed by atoms with Gasteiger partial charge in [-0.2, -0.15) is 0 Å². The summed E-state index contributed by atoms with van der Waals surface area (Å²) in [7, 11) is 0. The lowest BCUT2D eigenvalue weighted by Gasteiger charge is -2.42. The van der Waals surface area contributed by atoms with E-state index in [0.717, 1.165) is 24.5 Å². The second kappa shape index (κ2) is 5.91. The first-order valence-corrected chi connectivity index (χ1v) is 7.47. The van der Waals surface area contributed by atoms with Gasteiger partial charge in [-0.3, -0.25) is 4.98 Å². The van der Waals surface area contributed by atoms with Crippen molar-refractivity contribution in [3.63, 3.8) is 0 Å². The lowest BCUT2D eigenvalue weighted by molar-refractivity contribution is 0.315. The zero-order valence-electron chi connectivity index (χ0n) is 12.9. The van der Waals surface area contributed by atoms with E-state index >= 15 is 0 Å². The van der Waals surface area contributed by atoms with Gasteiger partial charge >= 0.3 is 0 Å². The van der Waals surface area contributed by atoms with Crippen LogP contribution >= 0.6 is 0 Å². The molecule has 1 N–H and O–H groups in total. The summed E-state index contributed by atoms with van der Waals surface area (Å²) in [6.07, 6.45) is 1.23. The van der Waals surface area contributed by atoms with Gasteiger partial charge in [0.2, 0.25) is 0 Å². The van der Waals surface area contributed by atoms with Crippen LogP contribution in [0.5, 0.6) is 0 Å². The van der Waals surface area contributed by atoms with Gasteiger partial charge in [0.1, 0.15) is 0 Å². The number of rotatable bonds is 3. The Hall–Kier alpha value is -1.09. The van der Waals surface area contributed by atoms with Gasteiger partial charge in [0.25, 0.3) is 0 Å². The summed E-state index contributed by atoms with van der Waals surface area (Å²) in [5, 5.41) is 3.69. The smallest absolute Gasteiger partial charge is 0.0609 e. The molecule has 1 aliphatic rings. The molecule has 0 radical (unpaired) electrons. The quantitative estimate of drug-likeness (QED) is 0.907. The van der Waals surface area contributed by atoms with Crippen LogP contribution in [0.15, 0.2) is 12.1 Å². The highest BCUT2D eigenvalue weighted by Gasteiger charge is 2.28. The maximum Gasteiger partial charge on any atom is 0.0609 e. The average molecular weight is 261 g/mol. The molecule has 1 fully saturated rings. The van der Waals surface area contributed by atoms with Crippen LogP contribution in [-0.2, 0) is 0 Å². The fraction of sp³-hybridized carbons (Fsp3) is 0.688. The third-order valence-corrected chi connectivity index (χ3v) is 4.44. The Kier molecular flexibility index (Phi) is 4.46. The van der Waals surface area contributed by atoms with Gasteiger partial charge in [-0.25, -0.2) is 0 Å². The lowest BCUT2D eigenvalue weighted by atomic mass is 9.95. The minimum Gasteiger partial charge on any atom is -0.365 e. The molecular weight excluding hydrogens is 234 g/mol. The number of hydrogen-bond acceptors (Lipinski definition) is 3. The van der Waals surface area contributed by atoms with E-state index in [-0.39, 0.29) is 0 Å². The molecular formula is C16H27N3. The van der Waals surface area contributed by atoms with Crippen molar-refractivity contribution in [2.45, 2.75) is 53.1 Å². The Labute approximate surface area is 117 Å². The Morgan fingerprint density at radius 2 is 2.16 bits per heavy atom. The molecule has 1 saturated heterocycles. The number of nitrogens with zero attached hydrogens (tertiary/aromatic N) is 2. The molecule has 0 saturated carbocycles. The van der Waals surface area contributed by atoms with Crippen molar-refractivity contribution in [1.82, 2.24) is 10.3 Å². The molecule has 0 aliphatic carbocycles. The number of hydrogen-bond donors (Lipinski definition) is 1. The highest BCUT2D eigenvalue weighted by molar-refractivity contribution is 5.52. The minimum atomic E-state index is 0.531. The SMILES string of the molecule is CCC(C)C1CN(c2ccc(C)nc2C)C(C)CN1. The van der Waals surface area contributed by atoms with Gasteiger partial charge in [-0.1, -0.05) is 20.3 Å². The summed E-state index contributed by atoms with van der Waals surface area (Å²) in [5.41, 5.74) is 3.55. The maximum atomic E-state index is 4.61. The van der Waals surface area contributed by atoms with Gasteiger partial charge in [0, 0.05) is 30.9 Å². The molecule has 1 aromatic heterocycles. The number of anilines is 1. The molecule has 0 amide bonds. The molecule has 2 heterocycles. The van der Waals surface area contributed by atoms with Crippen molar-refractivity contribution >= 4 is 5.69 Å². The summed E-state index contributed by atoms with van der Waals surface area (Å²) in [6, 6.07) is 5.47. The van der Waals surface area contributed by atoms with Crippen molar-refractivity contribution in [2.75, 3.05) is 18.0 Å². The van der Waals surface area contributed by atoms with Crippen LogP contribution in [0.2, 0.25) is 0 Å². The summed E-state index contributed by atoms with van der Waals surface area (Å²) in [5.74, 6) is 0.716. The number of pyridine rings is 1. The summed E-state index contributed by atoms with van der Waals surface area (Å²) in [6.45, 7) is 13.2. The Morgan fingerprint density at radius 1 is 1.42 bits per heavy atom. The Bertz CT molecular complexity index is 430. The molecule has 19 heavy (non-hydrogen) atoms. The zero-order chi connectivity index (χ0) is 14.0. The first-order chi connectivity index (χ1) is 9.02. The topological polar surface area (TPSA) is 28.2 Å². The van der Waals surface area contributed by atoms with Crippen molar-refractivity contribution in [3.05, 3.63) is 23.5 Å². The fourth-order valence-corrected chi connectivity index (χ4v) is 2.87. The van der Waals surface area contributed by atoms with Crippen molar-refractivity contribution < 1.29 is 0 Å². The van der Waals surface area contributed by atoms with Crippen LogP contribution in [-0.4, -0.2) is 30.2 Å². The Balaban J connectivity index is 2.21. The van der Waals surface area contributed by atoms with Crippen molar-refractivity contribution in [1.29, 1.82) is 0 Å². The predicted octanol–water partition coefficient (Wildman–Crippen LogP) is 2.91. The molecule has 3 unspecified atom stereocenters. The second-order valence-corrected chi connectivity index (χ2v) is 5.96. The largest absolute Gasteiger partial charge is 0.365 e. The summed E-state index contributed by atoms with van der Waals surface area (Å²) >= 11 is 0. The third-order valence-electron chi connectivity index (χ3n) is 4.44. The van der Waals surface area contributed by atoms with Crippen LogP contribution in [0.4, 0.5) is 5.69 Å². The van der Waals surface area contributed by atoms with E-state index in [1.54, 1.807) is 0 Å². The van der Waals surface area contributed by atoms with Crippen LogP contribution in [0.1, 0.15) is 38.6 Å². The molecule has 0 spiro atoms. The van der Waals surface area contributed by atoms with E-state index in [1.807, 2.05) is 0 Å². The van der Waals surface area contributed by atoms with Gasteiger partial charge in [-0.15, -0.1) is 0 Å². The number of aryl methyl sites for hydroxylation is 2. The van der Waals surface area contributed by atoms with E-state index in [9.17, 15) is 0 Å². The van der Waals surface area contributed by atoms with Crippen molar-refractivity contribution in [3.8, 4) is 0 Å². The molecule has 3 nitrogen and oxygen atoms in total. The highest BCUT2D eigenvalue weighted by atomic mass is 15.2. The maximum absolute atomic E-state index is 4.61. The van der Waals surface area contributed by atoms with E-state index in [4.69, 9.17) is 0 Å². The van der Waals surface area contributed by atoms with Crippen molar-refractivity contribution in [2.24, 2.45) is 5.92 Å². The molecule has 0 aromatic carbocycles.